The predicted octanol–water partition coefficient (Wildman–Crippen LogP) is 5.50. The van der Waals surface area contributed by atoms with Crippen molar-refractivity contribution in [2.75, 3.05) is 11.5 Å². The van der Waals surface area contributed by atoms with E-state index in [1.165, 1.54) is 13.0 Å². The Morgan fingerprint density at radius 3 is 1.48 bits per heavy atom. The van der Waals surface area contributed by atoms with E-state index in [1.54, 1.807) is 0 Å². The third-order valence-electron chi connectivity index (χ3n) is 5.52. The van der Waals surface area contributed by atoms with Gasteiger partial charge in [-0.05, 0) is 37.6 Å². The topological polar surface area (TPSA) is 92.5 Å². The number of benzene rings is 3. The minimum absolute atomic E-state index is 0.141. The van der Waals surface area contributed by atoms with Crippen LogP contribution in [-0.2, 0) is 11.6 Å². The number of nitrogen functional groups attached to an aromatic ring is 2. The smallest absolute Gasteiger partial charge is 0.416 e. The van der Waals surface area contributed by atoms with Crippen molar-refractivity contribution in [2.45, 2.75) is 25.4 Å². The number of aryl methyl sites for hydroxylation is 1. The van der Waals surface area contributed by atoms with E-state index in [0.717, 1.165) is 13.0 Å². The highest BCUT2D eigenvalue weighted by molar-refractivity contribution is 5.65. The standard InChI is InChI=1S/C22H17F7N2O2/c1-8-3-4-9(10(5-8)22(27,28)29)21(2,11-6-13(30)19(32)17(25)15(11)23)12-7-14(31)20(33)18(26)16(12)24/h3-7,32-33H,30-31H2,1-2H3. The Morgan fingerprint density at radius 2 is 1.09 bits per heavy atom. The maximum absolute atomic E-state index is 15.1. The van der Waals surface area contributed by atoms with Crippen molar-refractivity contribution in [2.24, 2.45) is 0 Å². The minimum atomic E-state index is -5.04. The van der Waals surface area contributed by atoms with Crippen LogP contribution >= 0.6 is 0 Å². The summed E-state index contributed by atoms with van der Waals surface area (Å²) in [4.78, 5) is 0. The van der Waals surface area contributed by atoms with E-state index < -0.39 is 80.0 Å². The molecule has 0 unspecified atom stereocenters. The molecule has 0 fully saturated rings. The number of nitrogens with two attached hydrogens (primary N) is 2. The molecule has 0 saturated heterocycles. The molecule has 33 heavy (non-hydrogen) atoms. The lowest BCUT2D eigenvalue weighted by Crippen LogP contribution is -2.32. The number of hydrogen-bond acceptors (Lipinski definition) is 4. The summed E-state index contributed by atoms with van der Waals surface area (Å²) < 4.78 is 101. The summed E-state index contributed by atoms with van der Waals surface area (Å²) in [5.41, 5.74) is 3.03. The van der Waals surface area contributed by atoms with E-state index in [0.29, 0.717) is 18.2 Å². The summed E-state index contributed by atoms with van der Waals surface area (Å²) in [6.07, 6.45) is -5.04. The third kappa shape index (κ3) is 3.66. The van der Waals surface area contributed by atoms with Crippen LogP contribution in [0.3, 0.4) is 0 Å². The second kappa shape index (κ2) is 7.75. The molecule has 0 atom stereocenters. The molecule has 0 aliphatic carbocycles. The summed E-state index contributed by atoms with van der Waals surface area (Å²) in [6, 6.07) is 4.05. The zero-order valence-corrected chi connectivity index (χ0v) is 17.1. The second-order valence-electron chi connectivity index (χ2n) is 7.65. The van der Waals surface area contributed by atoms with Crippen LogP contribution in [-0.4, -0.2) is 10.2 Å². The minimum Gasteiger partial charge on any atom is -0.503 e. The van der Waals surface area contributed by atoms with Crippen LogP contribution < -0.4 is 11.5 Å². The maximum atomic E-state index is 15.1. The molecule has 0 saturated carbocycles. The Labute approximate surface area is 182 Å². The first-order valence-corrected chi connectivity index (χ1v) is 9.24. The van der Waals surface area contributed by atoms with E-state index in [-0.39, 0.29) is 5.56 Å². The predicted molar refractivity (Wildman–Crippen MR) is 107 cm³/mol. The number of hydrogen-bond donors (Lipinski definition) is 4. The van der Waals surface area contributed by atoms with Crippen molar-refractivity contribution < 1.29 is 40.9 Å². The lowest BCUT2D eigenvalue weighted by Gasteiger charge is -2.35. The second-order valence-corrected chi connectivity index (χ2v) is 7.65. The van der Waals surface area contributed by atoms with Gasteiger partial charge in [0.25, 0.3) is 0 Å². The number of anilines is 2. The summed E-state index contributed by atoms with van der Waals surface area (Å²) >= 11 is 0. The molecule has 3 aromatic rings. The number of rotatable bonds is 3. The lowest BCUT2D eigenvalue weighted by molar-refractivity contribution is -0.138. The number of alkyl halides is 3. The fraction of sp³-hybridized carbons (Fsp3) is 0.182. The molecule has 0 radical (unpaired) electrons. The van der Waals surface area contributed by atoms with E-state index in [9.17, 15) is 32.2 Å². The van der Waals surface area contributed by atoms with Gasteiger partial charge in [-0.3, -0.25) is 0 Å². The van der Waals surface area contributed by atoms with E-state index in [4.69, 9.17) is 11.5 Å². The van der Waals surface area contributed by atoms with E-state index in [2.05, 4.69) is 0 Å². The Hall–Kier alpha value is -3.63. The molecule has 3 rings (SSSR count). The van der Waals surface area contributed by atoms with Gasteiger partial charge in [0.15, 0.2) is 23.1 Å². The molecule has 4 nitrogen and oxygen atoms in total. The Morgan fingerprint density at radius 1 is 0.667 bits per heavy atom. The Kier molecular flexibility index (Phi) is 5.64. The first kappa shape index (κ1) is 24.0. The van der Waals surface area contributed by atoms with Gasteiger partial charge < -0.3 is 21.7 Å². The largest absolute Gasteiger partial charge is 0.503 e. The molecule has 6 N–H and O–H groups in total. The third-order valence-corrected chi connectivity index (χ3v) is 5.52. The molecule has 0 aliphatic rings. The average Bonchev–Trinajstić information content (AvgIpc) is 2.74. The van der Waals surface area contributed by atoms with Gasteiger partial charge in [0, 0.05) is 16.5 Å². The number of halogens is 7. The highest BCUT2D eigenvalue weighted by Crippen LogP contribution is 2.49. The van der Waals surface area contributed by atoms with Gasteiger partial charge in [0.05, 0.1) is 16.9 Å². The molecule has 3 aromatic carbocycles. The van der Waals surface area contributed by atoms with Crippen molar-refractivity contribution in [1.82, 2.24) is 0 Å². The molecule has 0 amide bonds. The molecule has 0 spiro atoms. The molecular weight excluding hydrogens is 457 g/mol. The SMILES string of the molecule is Cc1ccc(C(C)(c2cc(N)c(O)c(F)c2F)c2cc(N)c(O)c(F)c2F)c(C(F)(F)F)c1. The van der Waals surface area contributed by atoms with Crippen LogP contribution in [0.2, 0.25) is 0 Å². The highest BCUT2D eigenvalue weighted by Gasteiger charge is 2.45. The van der Waals surface area contributed by atoms with Gasteiger partial charge in [0.1, 0.15) is 0 Å². The van der Waals surface area contributed by atoms with Gasteiger partial charge in [-0.1, -0.05) is 17.7 Å². The van der Waals surface area contributed by atoms with Crippen LogP contribution in [0.1, 0.15) is 34.7 Å². The molecule has 0 aliphatic heterocycles. The molecule has 0 heterocycles. The molecule has 11 heteroatoms. The van der Waals surface area contributed by atoms with Crippen molar-refractivity contribution in [3.05, 3.63) is 81.4 Å². The fourth-order valence-electron chi connectivity index (χ4n) is 3.76. The van der Waals surface area contributed by atoms with Crippen LogP contribution in [0, 0.1) is 30.2 Å². The zero-order valence-electron chi connectivity index (χ0n) is 17.1. The Bertz CT molecular complexity index is 1210. The van der Waals surface area contributed by atoms with Gasteiger partial charge in [0.2, 0.25) is 11.6 Å². The zero-order chi connectivity index (χ0) is 25.0. The Balaban J connectivity index is 2.60. The van der Waals surface area contributed by atoms with Crippen LogP contribution in [0.4, 0.5) is 42.1 Å². The molecule has 0 aromatic heterocycles. The molecular formula is C22H17F7N2O2. The number of aromatic hydroxyl groups is 2. The van der Waals surface area contributed by atoms with Crippen molar-refractivity contribution in [3.8, 4) is 11.5 Å². The highest BCUT2D eigenvalue weighted by atomic mass is 19.4. The molecule has 0 bridgehead atoms. The fourth-order valence-corrected chi connectivity index (χ4v) is 3.76. The van der Waals surface area contributed by atoms with E-state index >= 15 is 8.78 Å². The maximum Gasteiger partial charge on any atom is 0.416 e. The van der Waals surface area contributed by atoms with Crippen LogP contribution in [0.5, 0.6) is 11.5 Å². The monoisotopic (exact) mass is 474 g/mol. The van der Waals surface area contributed by atoms with Crippen LogP contribution in [0.25, 0.3) is 0 Å². The number of phenolic OH excluding ortho intramolecular Hbond substituents is 2. The first-order chi connectivity index (χ1) is 15.1. The normalized spacial score (nSPS) is 12.3. The summed E-state index contributed by atoms with van der Waals surface area (Å²) in [5.74, 6) is -10.1. The number of phenols is 2. The summed E-state index contributed by atoms with van der Waals surface area (Å²) in [7, 11) is 0. The van der Waals surface area contributed by atoms with E-state index in [1.807, 2.05) is 0 Å². The summed E-state index contributed by atoms with van der Waals surface area (Å²) in [6.45, 7) is 2.23. The van der Waals surface area contributed by atoms with Gasteiger partial charge >= 0.3 is 6.18 Å². The van der Waals surface area contributed by atoms with Gasteiger partial charge in [-0.25, -0.2) is 8.78 Å². The van der Waals surface area contributed by atoms with Crippen LogP contribution in [0.15, 0.2) is 30.3 Å². The van der Waals surface area contributed by atoms with Gasteiger partial charge in [-0.2, -0.15) is 22.0 Å². The average molecular weight is 474 g/mol. The van der Waals surface area contributed by atoms with Crippen molar-refractivity contribution in [1.29, 1.82) is 0 Å². The van der Waals surface area contributed by atoms with Crippen molar-refractivity contribution in [3.63, 3.8) is 0 Å². The summed E-state index contributed by atoms with van der Waals surface area (Å²) in [5, 5.41) is 19.2. The first-order valence-electron chi connectivity index (χ1n) is 9.24. The quantitative estimate of drug-likeness (QED) is 0.175. The molecule has 176 valence electrons. The van der Waals surface area contributed by atoms with Gasteiger partial charge in [-0.15, -0.1) is 0 Å². The van der Waals surface area contributed by atoms with Crippen molar-refractivity contribution >= 4 is 11.4 Å². The lowest BCUT2D eigenvalue weighted by atomic mass is 9.68.